The third-order valence-corrected chi connectivity index (χ3v) is 5.13. The minimum Gasteiger partial charge on any atom is -0.497 e. The quantitative estimate of drug-likeness (QED) is 0.928. The Hall–Kier alpha value is -0.940. The molecule has 1 aliphatic heterocycles. The van der Waals surface area contributed by atoms with Gasteiger partial charge in [0, 0.05) is 12.1 Å². The number of nitrogens with one attached hydrogen (secondary N) is 1. The van der Waals surface area contributed by atoms with Crippen LogP contribution in [0.5, 0.6) is 5.75 Å². The van der Waals surface area contributed by atoms with E-state index in [0.717, 1.165) is 11.4 Å². The van der Waals surface area contributed by atoms with E-state index in [0.29, 0.717) is 17.9 Å². The summed E-state index contributed by atoms with van der Waals surface area (Å²) in [6, 6.07) is 5.53. The molecule has 0 atom stereocenters. The highest BCUT2D eigenvalue weighted by Gasteiger charge is 2.23. The van der Waals surface area contributed by atoms with Crippen molar-refractivity contribution in [2.45, 2.75) is 18.9 Å². The number of methoxy groups -OCH3 is 1. The highest BCUT2D eigenvalue weighted by atomic mass is 35.5. The molecule has 1 aliphatic rings. The lowest BCUT2D eigenvalue weighted by Gasteiger charge is -2.24. The second-order valence-corrected chi connectivity index (χ2v) is 7.13. The van der Waals surface area contributed by atoms with E-state index in [-0.39, 0.29) is 17.5 Å². The molecule has 0 aromatic heterocycles. The second kappa shape index (κ2) is 5.36. The maximum absolute atomic E-state index is 11.3. The first-order chi connectivity index (χ1) is 8.50. The van der Waals surface area contributed by atoms with Gasteiger partial charge >= 0.3 is 0 Å². The molecule has 1 aromatic carbocycles. The average Bonchev–Trinajstić information content (AvgIpc) is 2.34. The molecule has 6 heteroatoms. The molecule has 1 fully saturated rings. The van der Waals surface area contributed by atoms with Crippen LogP contribution in [0.25, 0.3) is 0 Å². The van der Waals surface area contributed by atoms with Crippen molar-refractivity contribution in [1.29, 1.82) is 0 Å². The van der Waals surface area contributed by atoms with Crippen LogP contribution in [0, 0.1) is 0 Å². The lowest BCUT2D eigenvalue weighted by Crippen LogP contribution is -2.32. The predicted octanol–water partition coefficient (Wildman–Crippen LogP) is 2.34. The van der Waals surface area contributed by atoms with Gasteiger partial charge in [0.15, 0.2) is 0 Å². The molecule has 18 heavy (non-hydrogen) atoms. The topological polar surface area (TPSA) is 55.4 Å². The summed E-state index contributed by atoms with van der Waals surface area (Å²) in [5.74, 6) is 1.21. The van der Waals surface area contributed by atoms with Crippen LogP contribution in [0.3, 0.4) is 0 Å². The summed E-state index contributed by atoms with van der Waals surface area (Å²) < 4.78 is 27.8. The van der Waals surface area contributed by atoms with Crippen LogP contribution >= 0.6 is 11.6 Å². The lowest BCUT2D eigenvalue weighted by molar-refractivity contribution is 0.415. The molecule has 1 N–H and O–H groups in total. The van der Waals surface area contributed by atoms with Crippen molar-refractivity contribution in [3.8, 4) is 5.75 Å². The van der Waals surface area contributed by atoms with E-state index in [1.807, 2.05) is 6.07 Å². The molecule has 0 aliphatic carbocycles. The van der Waals surface area contributed by atoms with Gasteiger partial charge in [-0.05, 0) is 25.0 Å². The number of hydrogen-bond acceptors (Lipinski definition) is 4. The fourth-order valence-corrected chi connectivity index (χ4v) is 3.66. The highest BCUT2D eigenvalue weighted by molar-refractivity contribution is 7.91. The van der Waals surface area contributed by atoms with Gasteiger partial charge in [0.05, 0.1) is 29.3 Å². The van der Waals surface area contributed by atoms with Gasteiger partial charge in [0.2, 0.25) is 0 Å². The zero-order valence-corrected chi connectivity index (χ0v) is 11.7. The molecule has 4 nitrogen and oxygen atoms in total. The van der Waals surface area contributed by atoms with Crippen molar-refractivity contribution in [1.82, 2.24) is 0 Å². The van der Waals surface area contributed by atoms with E-state index in [9.17, 15) is 8.42 Å². The molecule has 0 saturated carbocycles. The first-order valence-corrected chi connectivity index (χ1v) is 8.00. The van der Waals surface area contributed by atoms with Gasteiger partial charge in [0.1, 0.15) is 15.6 Å². The van der Waals surface area contributed by atoms with Crippen molar-refractivity contribution in [3.05, 3.63) is 23.2 Å². The van der Waals surface area contributed by atoms with E-state index in [2.05, 4.69) is 5.32 Å². The van der Waals surface area contributed by atoms with Gasteiger partial charge in [0.25, 0.3) is 0 Å². The van der Waals surface area contributed by atoms with E-state index >= 15 is 0 Å². The molecular weight excluding hydrogens is 274 g/mol. The summed E-state index contributed by atoms with van der Waals surface area (Å²) in [6.07, 6.45) is 1.24. The maximum Gasteiger partial charge on any atom is 0.150 e. The zero-order chi connectivity index (χ0) is 13.2. The van der Waals surface area contributed by atoms with Crippen molar-refractivity contribution in [2.75, 3.05) is 23.9 Å². The summed E-state index contributed by atoms with van der Waals surface area (Å²) >= 11 is 6.09. The van der Waals surface area contributed by atoms with Crippen molar-refractivity contribution in [3.63, 3.8) is 0 Å². The minimum absolute atomic E-state index is 0.151. The summed E-state index contributed by atoms with van der Waals surface area (Å²) in [5, 5.41) is 3.90. The third-order valence-electron chi connectivity index (χ3n) is 3.09. The number of ether oxygens (including phenoxy) is 1. The standard InChI is InChI=1S/C12H16ClNO3S/c1-17-10-2-3-11(13)12(8-10)14-9-4-6-18(15,16)7-5-9/h2-3,8-9,14H,4-7H2,1H3. The van der Waals surface area contributed by atoms with Crippen LogP contribution in [0.2, 0.25) is 5.02 Å². The molecule has 1 saturated heterocycles. The molecule has 0 radical (unpaired) electrons. The Morgan fingerprint density at radius 1 is 1.33 bits per heavy atom. The van der Waals surface area contributed by atoms with E-state index < -0.39 is 9.84 Å². The number of benzene rings is 1. The fraction of sp³-hybridized carbons (Fsp3) is 0.500. The van der Waals surface area contributed by atoms with Crippen LogP contribution < -0.4 is 10.1 Å². The second-order valence-electron chi connectivity index (χ2n) is 4.42. The molecule has 1 aromatic rings. The van der Waals surface area contributed by atoms with Gasteiger partial charge < -0.3 is 10.1 Å². The zero-order valence-electron chi connectivity index (χ0n) is 10.1. The first kappa shape index (κ1) is 13.5. The van der Waals surface area contributed by atoms with Crippen molar-refractivity contribution >= 4 is 27.1 Å². The Kier molecular flexibility index (Phi) is 4.02. The normalized spacial score (nSPS) is 19.4. The van der Waals surface area contributed by atoms with Gasteiger partial charge in [-0.1, -0.05) is 11.6 Å². The predicted molar refractivity (Wildman–Crippen MR) is 73.3 cm³/mol. The largest absolute Gasteiger partial charge is 0.497 e. The van der Waals surface area contributed by atoms with Crippen LogP contribution in [-0.4, -0.2) is 33.1 Å². The van der Waals surface area contributed by atoms with Crippen molar-refractivity contribution in [2.24, 2.45) is 0 Å². The smallest absolute Gasteiger partial charge is 0.150 e. The van der Waals surface area contributed by atoms with Gasteiger partial charge in [-0.25, -0.2) is 8.42 Å². The average molecular weight is 290 g/mol. The molecule has 0 amide bonds. The Morgan fingerprint density at radius 2 is 2.00 bits per heavy atom. The molecule has 0 bridgehead atoms. The monoisotopic (exact) mass is 289 g/mol. The van der Waals surface area contributed by atoms with E-state index in [1.165, 1.54) is 0 Å². The molecule has 100 valence electrons. The lowest BCUT2D eigenvalue weighted by atomic mass is 10.1. The Morgan fingerprint density at radius 3 is 2.61 bits per heavy atom. The summed E-state index contributed by atoms with van der Waals surface area (Å²) in [4.78, 5) is 0. The van der Waals surface area contributed by atoms with Gasteiger partial charge in [-0.3, -0.25) is 0 Å². The Balaban J connectivity index is 2.06. The van der Waals surface area contributed by atoms with Crippen LogP contribution in [0.4, 0.5) is 5.69 Å². The fourth-order valence-electron chi connectivity index (χ4n) is 2.00. The Labute approximate surface area is 112 Å². The number of anilines is 1. The van der Waals surface area contributed by atoms with Crippen molar-refractivity contribution < 1.29 is 13.2 Å². The van der Waals surface area contributed by atoms with Gasteiger partial charge in [-0.2, -0.15) is 0 Å². The van der Waals surface area contributed by atoms with Gasteiger partial charge in [-0.15, -0.1) is 0 Å². The van der Waals surface area contributed by atoms with E-state index in [1.54, 1.807) is 19.2 Å². The number of halogens is 1. The molecule has 2 rings (SSSR count). The molecular formula is C12H16ClNO3S. The summed E-state index contributed by atoms with van der Waals surface area (Å²) in [5.41, 5.74) is 0.792. The highest BCUT2D eigenvalue weighted by Crippen LogP contribution is 2.28. The summed E-state index contributed by atoms with van der Waals surface area (Å²) in [7, 11) is -1.23. The minimum atomic E-state index is -2.83. The number of hydrogen-bond donors (Lipinski definition) is 1. The summed E-state index contributed by atoms with van der Waals surface area (Å²) in [6.45, 7) is 0. The number of rotatable bonds is 3. The molecule has 0 unspecified atom stereocenters. The van der Waals surface area contributed by atoms with Crippen LogP contribution in [-0.2, 0) is 9.84 Å². The van der Waals surface area contributed by atoms with Crippen LogP contribution in [0.15, 0.2) is 18.2 Å². The number of sulfone groups is 1. The van der Waals surface area contributed by atoms with E-state index in [4.69, 9.17) is 16.3 Å². The first-order valence-electron chi connectivity index (χ1n) is 5.81. The molecule has 1 heterocycles. The van der Waals surface area contributed by atoms with Crippen LogP contribution in [0.1, 0.15) is 12.8 Å². The third kappa shape index (κ3) is 3.29. The maximum atomic E-state index is 11.3. The molecule has 0 spiro atoms. The SMILES string of the molecule is COc1ccc(Cl)c(NC2CCS(=O)(=O)CC2)c1. The Bertz CT molecular complexity index is 516.